The molecule has 0 radical (unpaired) electrons. The quantitative estimate of drug-likeness (QED) is 0.0290. The Bertz CT molecular complexity index is 879. The number of hydrogen-bond donors (Lipinski definition) is 2. The number of rotatable bonds is 35. The number of unbranched alkanes of at least 4 members (excludes halogenated alkanes) is 19. The summed E-state index contributed by atoms with van der Waals surface area (Å²) in [5.41, 5.74) is 0. The summed E-state index contributed by atoms with van der Waals surface area (Å²) in [5.74, 6) is -0.904. The SMILES string of the molecule is CCCCC/C=C/C/C=C\CCCCCCCC(=O)O[C@H](COC(=O)CCCCCCCCCC/C=C/CCCCC)COP(=O)(O)O. The molecule has 0 fully saturated rings. The van der Waals surface area contributed by atoms with Gasteiger partial charge >= 0.3 is 19.8 Å². The smallest absolute Gasteiger partial charge is 0.462 e. The molecule has 0 rings (SSSR count). The lowest BCUT2D eigenvalue weighted by atomic mass is 10.1. The third kappa shape index (κ3) is 37.1. The Labute approximate surface area is 293 Å². The molecular formula is C39H71O8P. The van der Waals surface area contributed by atoms with Crippen LogP contribution in [0.15, 0.2) is 36.5 Å². The molecule has 0 aliphatic carbocycles. The number of phosphoric acid groups is 1. The molecule has 0 spiro atoms. The van der Waals surface area contributed by atoms with E-state index >= 15 is 0 Å². The predicted molar refractivity (Wildman–Crippen MR) is 198 cm³/mol. The highest BCUT2D eigenvalue weighted by molar-refractivity contribution is 7.46. The Morgan fingerprint density at radius 2 is 0.938 bits per heavy atom. The molecule has 0 aliphatic heterocycles. The van der Waals surface area contributed by atoms with Crippen molar-refractivity contribution in [2.24, 2.45) is 0 Å². The Morgan fingerprint density at radius 1 is 0.542 bits per heavy atom. The summed E-state index contributed by atoms with van der Waals surface area (Å²) in [6.07, 6.45) is 40.0. The Kier molecular flexibility index (Phi) is 33.8. The lowest BCUT2D eigenvalue weighted by Gasteiger charge is -2.18. The highest BCUT2D eigenvalue weighted by Crippen LogP contribution is 2.36. The number of allylic oxidation sites excluding steroid dienone is 6. The van der Waals surface area contributed by atoms with Crippen molar-refractivity contribution in [2.75, 3.05) is 13.2 Å². The van der Waals surface area contributed by atoms with E-state index in [1.807, 2.05) is 0 Å². The van der Waals surface area contributed by atoms with E-state index in [4.69, 9.17) is 19.3 Å². The normalized spacial score (nSPS) is 12.8. The highest BCUT2D eigenvalue weighted by Gasteiger charge is 2.22. The molecule has 280 valence electrons. The van der Waals surface area contributed by atoms with Crippen LogP contribution < -0.4 is 0 Å². The number of carbonyl (C=O) groups is 2. The van der Waals surface area contributed by atoms with Crippen LogP contribution in [-0.2, 0) is 28.2 Å². The molecule has 9 heteroatoms. The van der Waals surface area contributed by atoms with Gasteiger partial charge in [0.25, 0.3) is 0 Å². The molecule has 0 amide bonds. The van der Waals surface area contributed by atoms with Gasteiger partial charge in [-0.15, -0.1) is 0 Å². The van der Waals surface area contributed by atoms with Gasteiger partial charge in [-0.3, -0.25) is 14.1 Å². The van der Waals surface area contributed by atoms with E-state index in [9.17, 15) is 14.2 Å². The van der Waals surface area contributed by atoms with Crippen molar-refractivity contribution in [2.45, 2.75) is 187 Å². The predicted octanol–water partition coefficient (Wildman–Crippen LogP) is 11.4. The summed E-state index contributed by atoms with van der Waals surface area (Å²) in [4.78, 5) is 42.7. The minimum absolute atomic E-state index is 0.195. The van der Waals surface area contributed by atoms with Gasteiger partial charge in [0.1, 0.15) is 6.61 Å². The fourth-order valence-corrected chi connectivity index (χ4v) is 5.58. The maximum absolute atomic E-state index is 12.4. The highest BCUT2D eigenvalue weighted by atomic mass is 31.2. The molecule has 0 saturated heterocycles. The van der Waals surface area contributed by atoms with Crippen molar-refractivity contribution >= 4 is 19.8 Å². The van der Waals surface area contributed by atoms with Gasteiger partial charge in [-0.05, 0) is 70.6 Å². The van der Waals surface area contributed by atoms with Crippen molar-refractivity contribution in [3.05, 3.63) is 36.5 Å². The van der Waals surface area contributed by atoms with Gasteiger partial charge < -0.3 is 19.3 Å². The molecule has 0 bridgehead atoms. The maximum atomic E-state index is 12.4. The Morgan fingerprint density at radius 3 is 1.40 bits per heavy atom. The second-order valence-corrected chi connectivity index (χ2v) is 14.1. The van der Waals surface area contributed by atoms with Crippen molar-refractivity contribution in [3.63, 3.8) is 0 Å². The summed E-state index contributed by atoms with van der Waals surface area (Å²) < 4.78 is 26.3. The molecule has 0 aliphatic rings. The molecule has 0 aromatic heterocycles. The number of ether oxygens (including phenoxy) is 2. The van der Waals surface area contributed by atoms with E-state index in [-0.39, 0.29) is 19.4 Å². The third-order valence-electron chi connectivity index (χ3n) is 8.13. The number of esters is 2. The maximum Gasteiger partial charge on any atom is 0.469 e. The molecule has 2 N–H and O–H groups in total. The van der Waals surface area contributed by atoms with Crippen LogP contribution in [0.1, 0.15) is 181 Å². The first-order valence-corrected chi connectivity index (χ1v) is 20.8. The van der Waals surface area contributed by atoms with Crippen LogP contribution in [0.25, 0.3) is 0 Å². The zero-order valence-corrected chi connectivity index (χ0v) is 31.5. The standard InChI is InChI=1S/C39H71O8P/c1-3-5-7-9-11-13-15-17-19-21-23-25-27-29-31-33-38(40)45-35-37(36-46-48(42,43)44)47-39(41)34-32-30-28-26-24-22-20-18-16-14-12-10-8-6-4-2/h11-14,18,20,37H,3-10,15-17,19,21-36H2,1-2H3,(H2,42,43,44)/b13-11+,14-12+,20-18-/t37-/m1/s1. The van der Waals surface area contributed by atoms with Gasteiger partial charge in [0.05, 0.1) is 6.61 Å². The first-order valence-electron chi connectivity index (χ1n) is 19.3. The van der Waals surface area contributed by atoms with Crippen LogP contribution in [0.4, 0.5) is 0 Å². The lowest BCUT2D eigenvalue weighted by molar-refractivity contribution is -0.161. The van der Waals surface area contributed by atoms with Crippen LogP contribution in [0.5, 0.6) is 0 Å². The van der Waals surface area contributed by atoms with Crippen LogP contribution in [0.3, 0.4) is 0 Å². The number of hydrogen-bond acceptors (Lipinski definition) is 6. The Balaban J connectivity index is 3.98. The summed E-state index contributed by atoms with van der Waals surface area (Å²) in [5, 5.41) is 0. The molecule has 48 heavy (non-hydrogen) atoms. The summed E-state index contributed by atoms with van der Waals surface area (Å²) >= 11 is 0. The summed E-state index contributed by atoms with van der Waals surface area (Å²) in [6.45, 7) is 3.62. The largest absolute Gasteiger partial charge is 0.469 e. The van der Waals surface area contributed by atoms with Crippen LogP contribution in [0.2, 0.25) is 0 Å². The topological polar surface area (TPSA) is 119 Å². The molecule has 0 unspecified atom stereocenters. The van der Waals surface area contributed by atoms with Crippen molar-refractivity contribution in [3.8, 4) is 0 Å². The number of phosphoric ester groups is 1. The lowest BCUT2D eigenvalue weighted by Crippen LogP contribution is -2.29. The first-order chi connectivity index (χ1) is 23.3. The average molecular weight is 699 g/mol. The second-order valence-electron chi connectivity index (χ2n) is 12.9. The van der Waals surface area contributed by atoms with Gasteiger partial charge in [-0.2, -0.15) is 0 Å². The zero-order valence-electron chi connectivity index (χ0n) is 30.6. The van der Waals surface area contributed by atoms with Gasteiger partial charge in [0.15, 0.2) is 6.10 Å². The third-order valence-corrected chi connectivity index (χ3v) is 8.62. The first kappa shape index (κ1) is 46.3. The molecule has 1 atom stereocenters. The van der Waals surface area contributed by atoms with Crippen molar-refractivity contribution < 1.29 is 37.9 Å². The molecular weight excluding hydrogens is 627 g/mol. The molecule has 0 saturated carbocycles. The number of carbonyl (C=O) groups excluding carboxylic acids is 2. The molecule has 0 aromatic carbocycles. The molecule has 8 nitrogen and oxygen atoms in total. The van der Waals surface area contributed by atoms with E-state index in [1.54, 1.807) is 0 Å². The van der Waals surface area contributed by atoms with Crippen molar-refractivity contribution in [1.29, 1.82) is 0 Å². The van der Waals surface area contributed by atoms with Crippen molar-refractivity contribution in [1.82, 2.24) is 0 Å². The van der Waals surface area contributed by atoms with Crippen LogP contribution >= 0.6 is 7.82 Å². The van der Waals surface area contributed by atoms with E-state index < -0.39 is 32.5 Å². The minimum Gasteiger partial charge on any atom is -0.462 e. The van der Waals surface area contributed by atoms with Crippen LogP contribution in [0, 0.1) is 0 Å². The molecule has 0 heterocycles. The van der Waals surface area contributed by atoms with E-state index in [0.717, 1.165) is 64.2 Å². The zero-order chi connectivity index (χ0) is 35.4. The second kappa shape index (κ2) is 35.1. The molecule has 0 aromatic rings. The monoisotopic (exact) mass is 698 g/mol. The van der Waals surface area contributed by atoms with Gasteiger partial charge in [0.2, 0.25) is 0 Å². The fraction of sp³-hybridized carbons (Fsp3) is 0.795. The van der Waals surface area contributed by atoms with Crippen LogP contribution in [-0.4, -0.2) is 41.0 Å². The van der Waals surface area contributed by atoms with E-state index in [0.29, 0.717) is 6.42 Å². The van der Waals surface area contributed by atoms with Gasteiger partial charge in [-0.1, -0.05) is 134 Å². The average Bonchev–Trinajstić information content (AvgIpc) is 3.05. The summed E-state index contributed by atoms with van der Waals surface area (Å²) in [6, 6.07) is 0. The van der Waals surface area contributed by atoms with E-state index in [1.165, 1.54) is 83.5 Å². The van der Waals surface area contributed by atoms with Gasteiger partial charge in [0, 0.05) is 12.8 Å². The van der Waals surface area contributed by atoms with Gasteiger partial charge in [-0.25, -0.2) is 4.57 Å². The Hall–Kier alpha value is -1.73. The minimum atomic E-state index is -4.75. The fourth-order valence-electron chi connectivity index (χ4n) is 5.22. The van der Waals surface area contributed by atoms with E-state index in [2.05, 4.69) is 54.8 Å². The summed E-state index contributed by atoms with van der Waals surface area (Å²) in [7, 11) is -4.75.